The molecular weight excluding hydrogens is 785 g/mol. The van der Waals surface area contributed by atoms with Crippen LogP contribution in [0.3, 0.4) is 0 Å². The van der Waals surface area contributed by atoms with Gasteiger partial charge in [-0.05, 0) is 128 Å². The van der Waals surface area contributed by atoms with Crippen molar-refractivity contribution in [2.75, 3.05) is 5.75 Å². The zero-order valence-electron chi connectivity index (χ0n) is 36.5. The van der Waals surface area contributed by atoms with Gasteiger partial charge in [-0.1, -0.05) is 118 Å². The third-order valence-electron chi connectivity index (χ3n) is 16.0. The van der Waals surface area contributed by atoms with E-state index >= 15 is 0 Å². The molecule has 4 nitrogen and oxygen atoms in total. The minimum absolute atomic E-state index is 0.0125. The molecule has 3 saturated carbocycles. The van der Waals surface area contributed by atoms with Gasteiger partial charge in [0.05, 0.1) is 33.5 Å². The highest BCUT2D eigenvalue weighted by Gasteiger charge is 2.47. The largest absolute Gasteiger partial charge is 0.309 e. The summed E-state index contributed by atoms with van der Waals surface area (Å²) in [5.41, 5.74) is 13.2. The van der Waals surface area contributed by atoms with Crippen molar-refractivity contribution >= 4 is 55.4 Å². The SMILES string of the molecule is CC1(c2cc(-c3cccc(-c4cc(-n5c6ccccc6c6ccccc65)cc(-n5c6ccccc6c6ccccc65)c4)c3)nc(C3(C)CC4CC[C@@H](C4)C3)n2)CC2CC[C@@H](C[SH+]2)C1. The van der Waals surface area contributed by atoms with E-state index in [-0.39, 0.29) is 10.8 Å². The topological polar surface area (TPSA) is 35.6 Å². The maximum absolute atomic E-state index is 5.73. The molecule has 14 rings (SSSR count). The van der Waals surface area contributed by atoms with Gasteiger partial charge in [0, 0.05) is 61.7 Å². The first-order chi connectivity index (χ1) is 30.9. The third kappa shape index (κ3) is 6.24. The molecule has 312 valence electrons. The molecule has 0 spiro atoms. The predicted octanol–water partition coefficient (Wildman–Crippen LogP) is 14.1. The zero-order chi connectivity index (χ0) is 41.9. The predicted molar refractivity (Wildman–Crippen MR) is 266 cm³/mol. The van der Waals surface area contributed by atoms with Crippen LogP contribution >= 0.6 is 0 Å². The maximum Gasteiger partial charge on any atom is 0.135 e. The van der Waals surface area contributed by atoms with Crippen molar-refractivity contribution in [3.05, 3.63) is 157 Å². The van der Waals surface area contributed by atoms with Gasteiger partial charge in [-0.15, -0.1) is 0 Å². The molecule has 4 bridgehead atoms. The highest BCUT2D eigenvalue weighted by atomic mass is 32.2. The lowest BCUT2D eigenvalue weighted by Crippen LogP contribution is -2.35. The Morgan fingerprint density at radius 1 is 0.476 bits per heavy atom. The Hall–Kier alpha value is -5.65. The second kappa shape index (κ2) is 14.4. The molecule has 9 aromatic rings. The average molecular weight is 840 g/mol. The number of nitrogens with zero attached hydrogens (tertiary/aromatic N) is 4. The van der Waals surface area contributed by atoms with E-state index < -0.39 is 0 Å². The van der Waals surface area contributed by atoms with Crippen molar-refractivity contribution in [2.45, 2.75) is 87.7 Å². The van der Waals surface area contributed by atoms with Crippen LogP contribution in [0.5, 0.6) is 0 Å². The van der Waals surface area contributed by atoms with Gasteiger partial charge in [-0.2, -0.15) is 0 Å². The van der Waals surface area contributed by atoms with Gasteiger partial charge >= 0.3 is 0 Å². The zero-order valence-corrected chi connectivity index (χ0v) is 37.4. The van der Waals surface area contributed by atoms with Crippen LogP contribution < -0.4 is 0 Å². The van der Waals surface area contributed by atoms with Gasteiger partial charge in [0.1, 0.15) is 16.8 Å². The number of thiol groups is 1. The summed E-state index contributed by atoms with van der Waals surface area (Å²) in [5, 5.41) is 5.85. The molecule has 5 heterocycles. The van der Waals surface area contributed by atoms with Crippen molar-refractivity contribution in [1.29, 1.82) is 0 Å². The van der Waals surface area contributed by atoms with Crippen LogP contribution in [-0.4, -0.2) is 30.1 Å². The highest BCUT2D eigenvalue weighted by Crippen LogP contribution is 2.52. The number of rotatable bonds is 6. The fourth-order valence-electron chi connectivity index (χ4n) is 13.2. The number of hydrogen-bond acceptors (Lipinski definition) is 2. The van der Waals surface area contributed by atoms with Gasteiger partial charge in [0.25, 0.3) is 0 Å². The van der Waals surface area contributed by atoms with Crippen molar-refractivity contribution in [3.63, 3.8) is 0 Å². The van der Waals surface area contributed by atoms with E-state index in [0.717, 1.165) is 45.9 Å². The minimum Gasteiger partial charge on any atom is -0.309 e. The van der Waals surface area contributed by atoms with Crippen molar-refractivity contribution in [2.24, 2.45) is 17.8 Å². The molecule has 0 radical (unpaired) electrons. The monoisotopic (exact) mass is 839 g/mol. The Labute approximate surface area is 374 Å². The Morgan fingerprint density at radius 2 is 1.00 bits per heavy atom. The first-order valence-electron chi connectivity index (χ1n) is 23.7. The van der Waals surface area contributed by atoms with Crippen LogP contribution in [-0.2, 0) is 22.6 Å². The van der Waals surface area contributed by atoms with E-state index in [1.54, 1.807) is 11.8 Å². The molecule has 2 saturated heterocycles. The van der Waals surface area contributed by atoms with Crippen molar-refractivity contribution < 1.29 is 0 Å². The van der Waals surface area contributed by atoms with Crippen molar-refractivity contribution in [3.8, 4) is 33.8 Å². The molecular formula is C58H55N4S+. The lowest BCUT2D eigenvalue weighted by Gasteiger charge is -2.38. The number of aromatic nitrogens is 4. The highest BCUT2D eigenvalue weighted by molar-refractivity contribution is 7.79. The normalized spacial score (nSPS) is 25.7. The summed E-state index contributed by atoms with van der Waals surface area (Å²) in [4.78, 5) is 11.4. The van der Waals surface area contributed by atoms with Gasteiger partial charge < -0.3 is 9.13 Å². The summed E-state index contributed by atoms with van der Waals surface area (Å²) >= 11 is 1.67. The summed E-state index contributed by atoms with van der Waals surface area (Å²) in [6, 6.07) is 54.3. The molecule has 5 aliphatic rings. The van der Waals surface area contributed by atoms with Gasteiger partial charge in [0.15, 0.2) is 0 Å². The van der Waals surface area contributed by atoms with Crippen LogP contribution in [0.15, 0.2) is 146 Å². The summed E-state index contributed by atoms with van der Waals surface area (Å²) < 4.78 is 4.94. The number of fused-ring (bicyclic) bond motifs is 12. The first-order valence-corrected chi connectivity index (χ1v) is 24.8. The minimum atomic E-state index is 0.0125. The standard InChI is InChI=1S/C58H54N4S/c1-57(34-39-24-25-45(35-57)63-36-39)55-31-50(59-56(60-55)58(2)32-37-22-23-38(26-37)33-58)41-13-11-12-40(27-41)42-28-43(61-51-18-7-3-14-46(51)47-15-4-8-19-52(47)61)30-44(29-42)62-53-20-9-5-16-48(53)49-17-6-10-21-54(49)62/h3-21,27-31,37-39,45H,22-26,32-36H2,1-2H3/p+1/t37-,38?,39+,45?,57?,58?/m0/s1. The van der Waals surface area contributed by atoms with E-state index in [9.17, 15) is 0 Å². The van der Waals surface area contributed by atoms with E-state index in [1.165, 1.54) is 130 Å². The maximum atomic E-state index is 5.73. The van der Waals surface area contributed by atoms with E-state index in [0.29, 0.717) is 0 Å². The Balaban J connectivity index is 1.01. The van der Waals surface area contributed by atoms with Gasteiger partial charge in [-0.25, -0.2) is 9.97 Å². The number of para-hydroxylation sites is 4. The van der Waals surface area contributed by atoms with Crippen LogP contribution in [0, 0.1) is 17.8 Å². The molecule has 6 atom stereocenters. The fourth-order valence-corrected chi connectivity index (χ4v) is 15.0. The molecule has 5 heteroatoms. The summed E-state index contributed by atoms with van der Waals surface area (Å²) in [7, 11) is 0. The van der Waals surface area contributed by atoms with Crippen LogP contribution in [0.1, 0.15) is 83.2 Å². The fraction of sp³-hybridized carbons (Fsp3) is 0.310. The Bertz CT molecular complexity index is 2990. The molecule has 0 N–H and O–H groups in total. The summed E-state index contributed by atoms with van der Waals surface area (Å²) in [6.45, 7) is 5.06. The second-order valence-electron chi connectivity index (χ2n) is 20.5. The molecule has 6 aromatic carbocycles. The lowest BCUT2D eigenvalue weighted by atomic mass is 9.69. The first kappa shape index (κ1) is 37.9. The number of benzene rings is 6. The van der Waals surface area contributed by atoms with Crippen molar-refractivity contribution in [1.82, 2.24) is 19.1 Å². The average Bonchev–Trinajstić information content (AvgIpc) is 3.89. The number of hydrogen-bond donors (Lipinski definition) is 0. The van der Waals surface area contributed by atoms with Crippen LogP contribution in [0.2, 0.25) is 0 Å². The van der Waals surface area contributed by atoms with E-state index in [4.69, 9.17) is 9.97 Å². The lowest BCUT2D eigenvalue weighted by molar-refractivity contribution is 0.220. The molecule has 5 fully saturated rings. The van der Waals surface area contributed by atoms with E-state index in [1.807, 2.05) is 0 Å². The second-order valence-corrected chi connectivity index (χ2v) is 21.9. The molecule has 3 aromatic heterocycles. The Morgan fingerprint density at radius 3 is 1.56 bits per heavy atom. The molecule has 63 heavy (non-hydrogen) atoms. The smallest absolute Gasteiger partial charge is 0.135 e. The summed E-state index contributed by atoms with van der Waals surface area (Å²) in [5.74, 6) is 4.88. The quantitative estimate of drug-likeness (QED) is 0.124. The van der Waals surface area contributed by atoms with Gasteiger partial charge in [0.2, 0.25) is 0 Å². The van der Waals surface area contributed by atoms with E-state index in [2.05, 4.69) is 169 Å². The summed E-state index contributed by atoms with van der Waals surface area (Å²) in [6.07, 6.45) is 11.8. The van der Waals surface area contributed by atoms with Crippen LogP contribution in [0.25, 0.3) is 77.4 Å². The molecule has 0 amide bonds. The Kier molecular flexibility index (Phi) is 8.68. The molecule has 2 aliphatic heterocycles. The third-order valence-corrected chi connectivity index (χ3v) is 17.7. The molecule has 4 unspecified atom stereocenters. The van der Waals surface area contributed by atoms with Gasteiger partial charge in [-0.3, -0.25) is 0 Å². The van der Waals surface area contributed by atoms with Crippen LogP contribution in [0.4, 0.5) is 0 Å². The molecule has 3 aliphatic carbocycles.